The first kappa shape index (κ1) is 11.3. The molecule has 3 heteroatoms. The molecule has 0 fully saturated rings. The maximum Gasteiger partial charge on any atom is 2.00 e. The van der Waals surface area contributed by atoms with Crippen LogP contribution in [0.15, 0.2) is 18.2 Å². The van der Waals surface area contributed by atoms with E-state index in [4.69, 9.17) is 4.74 Å². The molecular weight excluding hydrogens is 216 g/mol. The molecule has 54 valence electrons. The maximum atomic E-state index is 5.28. The fourth-order valence-electron chi connectivity index (χ4n) is 1.06. The summed E-state index contributed by atoms with van der Waals surface area (Å²) in [5.41, 5.74) is 1.29. The minimum Gasteiger partial charge on any atom is -1.00 e. The molecular formula is C8H7BrMgO. The van der Waals surface area contributed by atoms with E-state index < -0.39 is 0 Å². The zero-order chi connectivity index (χ0) is 6.10. The number of fused-ring (bicyclic) bond motifs is 1. The Morgan fingerprint density at radius 2 is 2.27 bits per heavy atom. The van der Waals surface area contributed by atoms with E-state index in [0.717, 1.165) is 18.8 Å². The van der Waals surface area contributed by atoms with Gasteiger partial charge in [-0.2, -0.15) is 18.2 Å². The molecule has 0 spiro atoms. The van der Waals surface area contributed by atoms with Crippen molar-refractivity contribution in [2.45, 2.75) is 6.42 Å². The second-order valence-corrected chi connectivity index (χ2v) is 2.13. The Morgan fingerprint density at radius 1 is 1.45 bits per heavy atom. The summed E-state index contributed by atoms with van der Waals surface area (Å²) in [6, 6.07) is 8.84. The predicted molar refractivity (Wildman–Crippen MR) is 40.2 cm³/mol. The Morgan fingerprint density at radius 3 is 3.00 bits per heavy atom. The summed E-state index contributed by atoms with van der Waals surface area (Å²) in [7, 11) is 0. The first-order chi connectivity index (χ1) is 4.47. The van der Waals surface area contributed by atoms with Crippen molar-refractivity contribution in [2.24, 2.45) is 0 Å². The largest absolute Gasteiger partial charge is 2.00 e. The predicted octanol–water partition coefficient (Wildman–Crippen LogP) is -1.96. The Balaban J connectivity index is 0.000000500. The fourth-order valence-corrected chi connectivity index (χ4v) is 1.06. The number of hydrogen-bond acceptors (Lipinski definition) is 1. The third-order valence-corrected chi connectivity index (χ3v) is 1.53. The molecule has 0 aromatic heterocycles. The normalized spacial score (nSPS) is 12.0. The van der Waals surface area contributed by atoms with Crippen LogP contribution in [0.25, 0.3) is 0 Å². The Kier molecular flexibility index (Phi) is 5.13. The molecule has 0 N–H and O–H groups in total. The fraction of sp³-hybridized carbons (Fsp3) is 0.250. The van der Waals surface area contributed by atoms with E-state index in [2.05, 4.69) is 6.07 Å². The Bertz CT molecular complexity index is 204. The van der Waals surface area contributed by atoms with E-state index in [1.807, 2.05) is 18.2 Å². The van der Waals surface area contributed by atoms with Gasteiger partial charge in [0.2, 0.25) is 0 Å². The minimum absolute atomic E-state index is 0. The van der Waals surface area contributed by atoms with Crippen LogP contribution in [0.3, 0.4) is 0 Å². The molecule has 0 bridgehead atoms. The van der Waals surface area contributed by atoms with E-state index in [9.17, 15) is 0 Å². The molecule has 1 aromatic rings. The molecule has 0 saturated carbocycles. The molecule has 0 saturated heterocycles. The number of ether oxygens (including phenoxy) is 1. The van der Waals surface area contributed by atoms with Crippen molar-refractivity contribution < 1.29 is 21.7 Å². The van der Waals surface area contributed by atoms with Gasteiger partial charge in [-0.1, -0.05) is 0 Å². The standard InChI is InChI=1S/C8H7O.BrH.Mg/c1-2-4-8-7(3-1)5-6-9-8;;/h2-4H,5-6H2;1H;/q-1;;+2/p-1. The van der Waals surface area contributed by atoms with Crippen LogP contribution in [0.1, 0.15) is 5.56 Å². The van der Waals surface area contributed by atoms with Crippen LogP contribution in [0, 0.1) is 6.07 Å². The number of benzene rings is 1. The van der Waals surface area contributed by atoms with Gasteiger partial charge in [0, 0.05) is 5.75 Å². The summed E-state index contributed by atoms with van der Waals surface area (Å²) in [5.74, 6) is 1.04. The van der Waals surface area contributed by atoms with Crippen LogP contribution in [-0.2, 0) is 6.42 Å². The molecule has 0 unspecified atom stereocenters. The summed E-state index contributed by atoms with van der Waals surface area (Å²) in [4.78, 5) is 0. The van der Waals surface area contributed by atoms with Crippen molar-refractivity contribution in [3.05, 3.63) is 29.8 Å². The van der Waals surface area contributed by atoms with E-state index in [-0.39, 0.29) is 40.0 Å². The first-order valence-electron chi connectivity index (χ1n) is 3.08. The monoisotopic (exact) mass is 222 g/mol. The molecule has 0 atom stereocenters. The molecule has 1 nitrogen and oxygen atoms in total. The SMILES string of the molecule is [Br-].[Mg+2].[c-]1ccc2c(c1)CCO2. The van der Waals surface area contributed by atoms with Gasteiger partial charge < -0.3 is 21.7 Å². The van der Waals surface area contributed by atoms with Crippen LogP contribution in [-0.4, -0.2) is 29.7 Å². The smallest absolute Gasteiger partial charge is 1.00 e. The van der Waals surface area contributed by atoms with E-state index in [0.29, 0.717) is 0 Å². The molecule has 0 aliphatic carbocycles. The quantitative estimate of drug-likeness (QED) is 0.367. The second kappa shape index (κ2) is 5.01. The summed E-state index contributed by atoms with van der Waals surface area (Å²) < 4.78 is 5.28. The van der Waals surface area contributed by atoms with Gasteiger partial charge in [0.05, 0.1) is 6.61 Å². The van der Waals surface area contributed by atoms with Gasteiger partial charge in [-0.3, -0.25) is 0 Å². The topological polar surface area (TPSA) is 9.23 Å². The van der Waals surface area contributed by atoms with Gasteiger partial charge in [0.15, 0.2) is 0 Å². The average Bonchev–Trinajstić information content (AvgIpc) is 2.33. The van der Waals surface area contributed by atoms with Crippen molar-refractivity contribution in [3.63, 3.8) is 0 Å². The summed E-state index contributed by atoms with van der Waals surface area (Å²) in [6.07, 6.45) is 1.05. The molecule has 2 rings (SSSR count). The van der Waals surface area contributed by atoms with Crippen LogP contribution in [0.4, 0.5) is 0 Å². The molecule has 0 amide bonds. The maximum absolute atomic E-state index is 5.28. The van der Waals surface area contributed by atoms with Gasteiger partial charge in [-0.05, 0) is 6.42 Å². The summed E-state index contributed by atoms with van der Waals surface area (Å²) >= 11 is 0. The zero-order valence-electron chi connectivity index (χ0n) is 6.14. The van der Waals surface area contributed by atoms with Crippen LogP contribution >= 0.6 is 0 Å². The van der Waals surface area contributed by atoms with Gasteiger partial charge in [-0.15, -0.1) is 11.6 Å². The third-order valence-electron chi connectivity index (χ3n) is 1.53. The summed E-state index contributed by atoms with van der Waals surface area (Å²) in [5, 5.41) is 0. The molecule has 1 heterocycles. The van der Waals surface area contributed by atoms with Gasteiger partial charge in [-0.25, -0.2) is 0 Å². The van der Waals surface area contributed by atoms with Crippen molar-refractivity contribution >= 4 is 23.1 Å². The van der Waals surface area contributed by atoms with E-state index in [1.54, 1.807) is 0 Å². The van der Waals surface area contributed by atoms with Crippen molar-refractivity contribution in [1.82, 2.24) is 0 Å². The van der Waals surface area contributed by atoms with Crippen molar-refractivity contribution in [2.75, 3.05) is 6.61 Å². The number of rotatable bonds is 0. The second-order valence-electron chi connectivity index (χ2n) is 2.13. The van der Waals surface area contributed by atoms with Gasteiger partial charge >= 0.3 is 23.1 Å². The Labute approximate surface area is 93.1 Å². The number of halogens is 1. The van der Waals surface area contributed by atoms with Crippen LogP contribution in [0.2, 0.25) is 0 Å². The molecule has 11 heavy (non-hydrogen) atoms. The van der Waals surface area contributed by atoms with Crippen molar-refractivity contribution in [3.8, 4) is 5.75 Å². The molecule has 1 aliphatic rings. The first-order valence-corrected chi connectivity index (χ1v) is 3.08. The van der Waals surface area contributed by atoms with E-state index in [1.165, 1.54) is 5.56 Å². The average molecular weight is 223 g/mol. The minimum atomic E-state index is 0. The van der Waals surface area contributed by atoms with Gasteiger partial charge in [0.1, 0.15) is 0 Å². The van der Waals surface area contributed by atoms with Crippen LogP contribution in [0.5, 0.6) is 5.75 Å². The molecule has 1 aliphatic heterocycles. The molecule has 1 aromatic carbocycles. The zero-order valence-corrected chi connectivity index (χ0v) is 9.14. The van der Waals surface area contributed by atoms with Gasteiger partial charge in [0.25, 0.3) is 0 Å². The number of hydrogen-bond donors (Lipinski definition) is 0. The Hall–Kier alpha value is 0.266. The summed E-state index contributed by atoms with van der Waals surface area (Å²) in [6.45, 7) is 0.840. The van der Waals surface area contributed by atoms with Crippen LogP contribution < -0.4 is 21.7 Å². The van der Waals surface area contributed by atoms with E-state index >= 15 is 0 Å². The molecule has 0 radical (unpaired) electrons. The van der Waals surface area contributed by atoms with Crippen molar-refractivity contribution in [1.29, 1.82) is 0 Å². The third kappa shape index (κ3) is 2.35.